The van der Waals surface area contributed by atoms with Crippen molar-refractivity contribution < 1.29 is 19.4 Å². The molecular weight excluding hydrogens is 763 g/mol. The van der Waals surface area contributed by atoms with E-state index in [0.29, 0.717) is 30.3 Å². The minimum Gasteiger partial charge on any atom is -0.481 e. The summed E-state index contributed by atoms with van der Waals surface area (Å²) >= 11 is 0. The summed E-state index contributed by atoms with van der Waals surface area (Å²) in [6.07, 6.45) is 38.3. The quantitative estimate of drug-likeness (QED) is 0.0334. The number of rotatable bonds is 46. The summed E-state index contributed by atoms with van der Waals surface area (Å²) < 4.78 is 5.81. The normalized spacial score (nSPS) is 12.7. The van der Waals surface area contributed by atoms with E-state index in [9.17, 15) is 24.3 Å². The zero-order chi connectivity index (χ0) is 44.8. The minimum atomic E-state index is -0.587. The van der Waals surface area contributed by atoms with E-state index in [1.807, 2.05) is 0 Å². The van der Waals surface area contributed by atoms with E-state index in [0.717, 1.165) is 135 Å². The number of hydrogen-bond acceptors (Lipinski definition) is 8. The maximum absolute atomic E-state index is 12.6. The Labute approximate surface area is 374 Å². The van der Waals surface area contributed by atoms with Crippen LogP contribution in [0.15, 0.2) is 9.59 Å². The van der Waals surface area contributed by atoms with Crippen molar-refractivity contribution in [3.63, 3.8) is 0 Å². The van der Waals surface area contributed by atoms with Crippen LogP contribution >= 0.6 is 0 Å². The first-order valence-corrected chi connectivity index (χ1v) is 26.1. The zero-order valence-corrected chi connectivity index (χ0v) is 40.5. The van der Waals surface area contributed by atoms with Gasteiger partial charge in [-0.3, -0.25) is 19.2 Å². The molecule has 2 unspecified atom stereocenters. The number of ether oxygens (including phenoxy) is 1. The van der Waals surface area contributed by atoms with Crippen molar-refractivity contribution in [3.8, 4) is 0 Å². The minimum absolute atomic E-state index is 0.0391. The van der Waals surface area contributed by atoms with Crippen LogP contribution in [0.1, 0.15) is 246 Å². The summed E-state index contributed by atoms with van der Waals surface area (Å²) in [6.45, 7) is 12.4. The lowest BCUT2D eigenvalue weighted by atomic mass is 9.80. The van der Waals surface area contributed by atoms with Crippen molar-refractivity contribution in [1.82, 2.24) is 4.90 Å². The van der Waals surface area contributed by atoms with Gasteiger partial charge in [-0.2, -0.15) is 0 Å². The smallest absolute Gasteiger partial charge is 0.306 e. The summed E-state index contributed by atoms with van der Waals surface area (Å²) in [5.74, 6) is -0.548. The van der Waals surface area contributed by atoms with Gasteiger partial charge in [0.05, 0.1) is 5.92 Å². The number of aliphatic carboxylic acids is 1. The first-order chi connectivity index (χ1) is 29.7. The first-order valence-electron chi connectivity index (χ1n) is 26.1. The van der Waals surface area contributed by atoms with Crippen molar-refractivity contribution in [2.45, 2.75) is 252 Å². The van der Waals surface area contributed by atoms with Crippen molar-refractivity contribution in [1.29, 1.82) is 0 Å². The topological polar surface area (TPSA) is 125 Å². The number of nitrogens with one attached hydrogen (secondary N) is 2. The summed E-state index contributed by atoms with van der Waals surface area (Å²) in [6, 6.07) is 0. The van der Waals surface area contributed by atoms with Crippen LogP contribution in [0.2, 0.25) is 0 Å². The molecule has 356 valence electrons. The highest BCUT2D eigenvalue weighted by atomic mass is 16.5. The van der Waals surface area contributed by atoms with Gasteiger partial charge in [0.15, 0.2) is 0 Å². The number of carbonyl (C=O) groups excluding carboxylic acids is 1. The van der Waals surface area contributed by atoms with E-state index in [1.165, 1.54) is 96.3 Å². The number of unbranched alkanes of at least 4 members (excludes halogenated alkanes) is 22. The molecule has 0 amide bonds. The molecule has 3 N–H and O–H groups in total. The molecule has 61 heavy (non-hydrogen) atoms. The number of esters is 1. The Kier molecular flexibility index (Phi) is 36.4. The molecule has 9 heteroatoms. The number of carboxylic acids is 1. The molecule has 0 aliphatic rings. The molecule has 0 aromatic heterocycles. The monoisotopic (exact) mass is 860 g/mol. The molecule has 0 radical (unpaired) electrons. The van der Waals surface area contributed by atoms with Crippen LogP contribution in [0, 0.1) is 11.8 Å². The highest BCUT2D eigenvalue weighted by Crippen LogP contribution is 2.30. The fourth-order valence-electron chi connectivity index (χ4n) is 9.06. The van der Waals surface area contributed by atoms with Crippen LogP contribution in [0.25, 0.3) is 0 Å². The van der Waals surface area contributed by atoms with Gasteiger partial charge in [-0.15, -0.1) is 0 Å². The van der Waals surface area contributed by atoms with Crippen molar-refractivity contribution >= 4 is 23.3 Å². The highest BCUT2D eigenvalue weighted by Gasteiger charge is 2.27. The fraction of sp³-hybridized carbons (Fsp3) is 0.885. The second kappa shape index (κ2) is 39.2. The lowest BCUT2D eigenvalue weighted by molar-refractivity contribution is -0.149. The van der Waals surface area contributed by atoms with Gasteiger partial charge in [0.25, 0.3) is 10.9 Å². The van der Waals surface area contributed by atoms with Crippen LogP contribution in [-0.2, 0) is 14.3 Å². The van der Waals surface area contributed by atoms with Gasteiger partial charge in [0, 0.05) is 20.0 Å². The molecule has 0 saturated carbocycles. The molecule has 1 aromatic carbocycles. The molecule has 0 heterocycles. The third-order valence-electron chi connectivity index (χ3n) is 13.1. The van der Waals surface area contributed by atoms with E-state index in [4.69, 9.17) is 4.74 Å². The van der Waals surface area contributed by atoms with Gasteiger partial charge in [-0.1, -0.05) is 175 Å². The Hall–Kier alpha value is -2.42. The Bertz CT molecular complexity index is 1250. The van der Waals surface area contributed by atoms with Crippen LogP contribution in [0.4, 0.5) is 11.4 Å². The SMILES string of the molecule is CCCCCCCCC(CC)OC(=O)CCCCCCCN(CCCCCCC(C(=O)O)C(CCCCCCCC)CCCCCCCC)CCCNc1c(NC)c(=O)c1=O. The molecule has 0 saturated heterocycles. The molecule has 0 bridgehead atoms. The van der Waals surface area contributed by atoms with E-state index < -0.39 is 16.8 Å². The maximum Gasteiger partial charge on any atom is 0.306 e. The van der Waals surface area contributed by atoms with Gasteiger partial charge in [-0.25, -0.2) is 0 Å². The van der Waals surface area contributed by atoms with Gasteiger partial charge >= 0.3 is 11.9 Å². The predicted molar refractivity (Wildman–Crippen MR) is 260 cm³/mol. The highest BCUT2D eigenvalue weighted by molar-refractivity contribution is 5.73. The van der Waals surface area contributed by atoms with Gasteiger partial charge < -0.3 is 25.4 Å². The first kappa shape index (κ1) is 56.6. The Morgan fingerprint density at radius 2 is 0.967 bits per heavy atom. The van der Waals surface area contributed by atoms with Gasteiger partial charge in [0.1, 0.15) is 17.5 Å². The number of hydrogen-bond donors (Lipinski definition) is 3. The van der Waals surface area contributed by atoms with E-state index in [-0.39, 0.29) is 18.0 Å². The lowest BCUT2D eigenvalue weighted by Gasteiger charge is -2.25. The Morgan fingerprint density at radius 3 is 1.46 bits per heavy atom. The van der Waals surface area contributed by atoms with Crippen LogP contribution in [-0.4, -0.2) is 61.3 Å². The third-order valence-corrected chi connectivity index (χ3v) is 13.1. The second-order valence-corrected chi connectivity index (χ2v) is 18.4. The molecule has 0 aliphatic carbocycles. The van der Waals surface area contributed by atoms with Crippen molar-refractivity contribution in [2.75, 3.05) is 43.9 Å². The fourth-order valence-corrected chi connectivity index (χ4v) is 9.06. The number of carboxylic acid groups (broad SMARTS) is 1. The van der Waals surface area contributed by atoms with E-state index in [1.54, 1.807) is 7.05 Å². The molecule has 9 nitrogen and oxygen atoms in total. The molecule has 0 spiro atoms. The Morgan fingerprint density at radius 1 is 0.541 bits per heavy atom. The maximum atomic E-state index is 12.6. The average Bonchev–Trinajstić information content (AvgIpc) is 3.25. The van der Waals surface area contributed by atoms with Crippen LogP contribution in [0.3, 0.4) is 0 Å². The number of carbonyl (C=O) groups is 2. The summed E-state index contributed by atoms with van der Waals surface area (Å²) in [5.41, 5.74) is -0.0892. The number of anilines is 2. The van der Waals surface area contributed by atoms with Gasteiger partial charge in [0.2, 0.25) is 0 Å². The third kappa shape index (κ3) is 28.1. The summed E-state index contributed by atoms with van der Waals surface area (Å²) in [5, 5.41) is 16.4. The summed E-state index contributed by atoms with van der Waals surface area (Å²) in [7, 11) is 1.67. The van der Waals surface area contributed by atoms with Crippen molar-refractivity contribution in [3.05, 3.63) is 20.4 Å². The van der Waals surface area contributed by atoms with Crippen LogP contribution in [0.5, 0.6) is 0 Å². The second-order valence-electron chi connectivity index (χ2n) is 18.4. The molecule has 1 rings (SSSR count). The Balaban J connectivity index is 2.55. The molecule has 0 fully saturated rings. The zero-order valence-electron chi connectivity index (χ0n) is 40.5. The molecule has 2 atom stereocenters. The predicted octanol–water partition coefficient (Wildman–Crippen LogP) is 13.6. The lowest BCUT2D eigenvalue weighted by Crippen LogP contribution is -2.37. The molecular formula is C52H97N3O6. The number of nitrogens with zero attached hydrogens (tertiary/aromatic N) is 1. The van der Waals surface area contributed by atoms with Crippen LogP contribution < -0.4 is 21.5 Å². The van der Waals surface area contributed by atoms with Gasteiger partial charge in [-0.05, 0) is 89.8 Å². The van der Waals surface area contributed by atoms with E-state index >= 15 is 0 Å². The largest absolute Gasteiger partial charge is 0.481 e. The average molecular weight is 860 g/mol. The van der Waals surface area contributed by atoms with Crippen molar-refractivity contribution in [2.24, 2.45) is 11.8 Å². The molecule has 0 aliphatic heterocycles. The standard InChI is InChI=1S/C52H97N3O6/c1-6-10-13-16-20-27-35-44(36-28-21-17-14-11-7-2)46(52(59)60)38-30-24-26-33-42-55(43-34-40-54-49-48(53-5)50(57)51(49)58)41-32-25-19-23-31-39-47(56)61-45(9-4)37-29-22-18-15-12-8-3/h44-46,53-54H,6-43H2,1-5H3,(H,59,60). The van der Waals surface area contributed by atoms with E-state index in [2.05, 4.69) is 43.2 Å². The summed E-state index contributed by atoms with van der Waals surface area (Å²) in [4.78, 5) is 51.5. The molecule has 1 aromatic rings.